The molecular weight excluding hydrogens is 152 g/mol. The number of nitrogens with one attached hydrogen (secondary N) is 1. The molecule has 3 aliphatic heterocycles. The molecule has 1 atom stereocenters. The average molecular weight is 168 g/mol. The summed E-state index contributed by atoms with van der Waals surface area (Å²) >= 11 is 0. The van der Waals surface area contributed by atoms with Crippen LogP contribution in [0.2, 0.25) is 0 Å². The maximum Gasteiger partial charge on any atom is 0.237 e. The molecule has 0 unspecified atom stereocenters. The van der Waals surface area contributed by atoms with Crippen LogP contribution in [0.1, 0.15) is 19.3 Å². The molecule has 0 spiro atoms. The highest BCUT2D eigenvalue weighted by atomic mass is 16.2. The molecule has 1 amide bonds. The van der Waals surface area contributed by atoms with Crippen LogP contribution < -0.4 is 5.32 Å². The molecule has 3 fully saturated rings. The number of hydrogen-bond donors (Lipinski definition) is 1. The third kappa shape index (κ3) is 1.22. The highest BCUT2D eigenvalue weighted by Gasteiger charge is 2.36. The zero-order valence-electron chi connectivity index (χ0n) is 7.55. The second kappa shape index (κ2) is 3.05. The Balaban J connectivity index is 2.03. The van der Waals surface area contributed by atoms with Gasteiger partial charge in [-0.15, -0.1) is 0 Å². The molecule has 3 aliphatic rings. The maximum absolute atomic E-state index is 11.4. The van der Waals surface area contributed by atoms with E-state index in [4.69, 9.17) is 0 Å². The number of nitrogens with zero attached hydrogens (tertiary/aromatic N) is 1. The highest BCUT2D eigenvalue weighted by molar-refractivity contribution is 5.81. The van der Waals surface area contributed by atoms with E-state index in [1.54, 1.807) is 7.05 Å². The van der Waals surface area contributed by atoms with Gasteiger partial charge in [-0.3, -0.25) is 9.69 Å². The average Bonchev–Trinajstić information content (AvgIpc) is 2.18. The molecule has 0 saturated carbocycles. The van der Waals surface area contributed by atoms with E-state index in [1.165, 1.54) is 12.8 Å². The summed E-state index contributed by atoms with van der Waals surface area (Å²) in [5, 5.41) is 2.74. The summed E-state index contributed by atoms with van der Waals surface area (Å²) < 4.78 is 0. The van der Waals surface area contributed by atoms with Gasteiger partial charge in [-0.05, 0) is 38.3 Å². The van der Waals surface area contributed by atoms with Crippen molar-refractivity contribution in [2.75, 3.05) is 20.1 Å². The Labute approximate surface area is 73.1 Å². The smallest absolute Gasteiger partial charge is 0.237 e. The van der Waals surface area contributed by atoms with Crippen LogP contribution in [0.15, 0.2) is 0 Å². The molecule has 1 N–H and O–H groups in total. The van der Waals surface area contributed by atoms with E-state index < -0.39 is 0 Å². The topological polar surface area (TPSA) is 32.3 Å². The Bertz CT molecular complexity index is 185. The first-order chi connectivity index (χ1) is 5.81. The molecular formula is C9H16N2O. The maximum atomic E-state index is 11.4. The molecule has 0 aromatic carbocycles. The minimum Gasteiger partial charge on any atom is -0.358 e. The molecule has 12 heavy (non-hydrogen) atoms. The molecule has 3 heteroatoms. The van der Waals surface area contributed by atoms with Crippen molar-refractivity contribution in [2.24, 2.45) is 5.92 Å². The lowest BCUT2D eigenvalue weighted by molar-refractivity contribution is -0.130. The van der Waals surface area contributed by atoms with Gasteiger partial charge < -0.3 is 5.32 Å². The predicted octanol–water partition coefficient (Wildman–Crippen LogP) is 0.217. The summed E-state index contributed by atoms with van der Waals surface area (Å²) in [6.45, 7) is 2.26. The van der Waals surface area contributed by atoms with E-state index in [1.807, 2.05) is 0 Å². The number of carbonyl (C=O) groups is 1. The van der Waals surface area contributed by atoms with E-state index >= 15 is 0 Å². The van der Waals surface area contributed by atoms with Crippen molar-refractivity contribution in [3.8, 4) is 0 Å². The molecule has 0 aromatic rings. The number of carbonyl (C=O) groups excluding carboxylic acids is 1. The van der Waals surface area contributed by atoms with E-state index in [-0.39, 0.29) is 11.9 Å². The lowest BCUT2D eigenvalue weighted by atomic mass is 9.83. The Morgan fingerprint density at radius 3 is 2.50 bits per heavy atom. The fraction of sp³-hybridized carbons (Fsp3) is 0.889. The van der Waals surface area contributed by atoms with Crippen LogP contribution in [-0.4, -0.2) is 37.0 Å². The standard InChI is InChI=1S/C9H16N2O/c1-10-9(12)8-6-7-2-4-11(8)5-3-7/h7-8H,2-6H2,1H3,(H,10,12)/t8-/m1/s1. The van der Waals surface area contributed by atoms with Gasteiger partial charge in [0, 0.05) is 7.05 Å². The van der Waals surface area contributed by atoms with Crippen LogP contribution in [0.5, 0.6) is 0 Å². The fourth-order valence-corrected chi connectivity index (χ4v) is 2.40. The Hall–Kier alpha value is -0.570. The summed E-state index contributed by atoms with van der Waals surface area (Å²) in [4.78, 5) is 13.7. The molecule has 3 nitrogen and oxygen atoms in total. The van der Waals surface area contributed by atoms with Crippen molar-refractivity contribution in [3.63, 3.8) is 0 Å². The lowest BCUT2D eigenvalue weighted by Gasteiger charge is -2.44. The zero-order valence-corrected chi connectivity index (χ0v) is 7.55. The number of amides is 1. The minimum atomic E-state index is 0.183. The molecule has 0 aliphatic carbocycles. The van der Waals surface area contributed by atoms with Gasteiger partial charge in [0.2, 0.25) is 5.91 Å². The predicted molar refractivity (Wildman–Crippen MR) is 46.8 cm³/mol. The van der Waals surface area contributed by atoms with Crippen LogP contribution in [0.4, 0.5) is 0 Å². The molecule has 2 bridgehead atoms. The van der Waals surface area contributed by atoms with Crippen LogP contribution in [0.3, 0.4) is 0 Å². The van der Waals surface area contributed by atoms with Gasteiger partial charge in [-0.1, -0.05) is 0 Å². The second-order valence-corrected chi connectivity index (χ2v) is 3.85. The Morgan fingerprint density at radius 1 is 1.42 bits per heavy atom. The van der Waals surface area contributed by atoms with Gasteiger partial charge >= 0.3 is 0 Å². The van der Waals surface area contributed by atoms with Crippen LogP contribution >= 0.6 is 0 Å². The van der Waals surface area contributed by atoms with Crippen molar-refractivity contribution in [1.82, 2.24) is 10.2 Å². The van der Waals surface area contributed by atoms with Crippen molar-refractivity contribution >= 4 is 5.91 Å². The van der Waals surface area contributed by atoms with Gasteiger partial charge in [-0.2, -0.15) is 0 Å². The Morgan fingerprint density at radius 2 is 2.08 bits per heavy atom. The van der Waals surface area contributed by atoms with Gasteiger partial charge in [-0.25, -0.2) is 0 Å². The van der Waals surface area contributed by atoms with E-state index in [9.17, 15) is 4.79 Å². The number of likely N-dealkylation sites (N-methyl/N-ethyl adjacent to an activating group) is 1. The molecule has 68 valence electrons. The first kappa shape index (κ1) is 8.05. The normalized spacial score (nSPS) is 39.6. The summed E-state index contributed by atoms with van der Waals surface area (Å²) in [5.74, 6) is 1.02. The van der Waals surface area contributed by atoms with Crippen molar-refractivity contribution in [1.29, 1.82) is 0 Å². The lowest BCUT2D eigenvalue weighted by Crippen LogP contribution is -2.54. The summed E-state index contributed by atoms with van der Waals surface area (Å²) in [6, 6.07) is 0.183. The second-order valence-electron chi connectivity index (χ2n) is 3.85. The number of fused-ring (bicyclic) bond motifs is 3. The molecule has 3 rings (SSSR count). The van der Waals surface area contributed by atoms with Gasteiger partial charge in [0.15, 0.2) is 0 Å². The van der Waals surface area contributed by atoms with Crippen molar-refractivity contribution < 1.29 is 4.79 Å². The van der Waals surface area contributed by atoms with E-state index in [2.05, 4.69) is 10.2 Å². The number of piperidine rings is 3. The number of hydrogen-bond acceptors (Lipinski definition) is 2. The van der Waals surface area contributed by atoms with Gasteiger partial charge in [0.05, 0.1) is 6.04 Å². The van der Waals surface area contributed by atoms with Crippen LogP contribution in [-0.2, 0) is 4.79 Å². The summed E-state index contributed by atoms with van der Waals surface area (Å²) in [7, 11) is 1.73. The highest BCUT2D eigenvalue weighted by Crippen LogP contribution is 2.31. The first-order valence-electron chi connectivity index (χ1n) is 4.77. The largest absolute Gasteiger partial charge is 0.358 e. The SMILES string of the molecule is CNC(=O)[C@H]1CC2CCN1CC2. The molecule has 3 saturated heterocycles. The minimum absolute atomic E-state index is 0.183. The van der Waals surface area contributed by atoms with Crippen molar-refractivity contribution in [2.45, 2.75) is 25.3 Å². The van der Waals surface area contributed by atoms with Crippen LogP contribution in [0, 0.1) is 5.92 Å². The van der Waals surface area contributed by atoms with E-state index in [0.29, 0.717) is 0 Å². The fourth-order valence-electron chi connectivity index (χ4n) is 2.40. The van der Waals surface area contributed by atoms with Crippen molar-refractivity contribution in [3.05, 3.63) is 0 Å². The molecule has 0 radical (unpaired) electrons. The third-order valence-corrected chi connectivity index (χ3v) is 3.20. The third-order valence-electron chi connectivity index (χ3n) is 3.20. The first-order valence-corrected chi connectivity index (χ1v) is 4.77. The van der Waals surface area contributed by atoms with E-state index in [0.717, 1.165) is 25.4 Å². The molecule has 3 heterocycles. The number of rotatable bonds is 1. The van der Waals surface area contributed by atoms with Gasteiger partial charge in [0.1, 0.15) is 0 Å². The summed E-state index contributed by atoms with van der Waals surface area (Å²) in [5.41, 5.74) is 0. The molecule has 0 aromatic heterocycles. The summed E-state index contributed by atoms with van der Waals surface area (Å²) in [6.07, 6.45) is 3.68. The quantitative estimate of drug-likeness (QED) is 0.607. The monoisotopic (exact) mass is 168 g/mol. The zero-order chi connectivity index (χ0) is 8.55. The van der Waals surface area contributed by atoms with Crippen LogP contribution in [0.25, 0.3) is 0 Å². The Kier molecular flexibility index (Phi) is 2.05. The van der Waals surface area contributed by atoms with Gasteiger partial charge in [0.25, 0.3) is 0 Å².